The monoisotopic (exact) mass is 330 g/mol. The van der Waals surface area contributed by atoms with Gasteiger partial charge in [0.25, 0.3) is 0 Å². The topological polar surface area (TPSA) is 73.1 Å². The van der Waals surface area contributed by atoms with Crippen LogP contribution < -0.4 is 16.0 Å². The summed E-state index contributed by atoms with van der Waals surface area (Å²) in [6.45, 7) is 2.29. The van der Waals surface area contributed by atoms with Gasteiger partial charge in [-0.15, -0.1) is 11.3 Å². The van der Waals surface area contributed by atoms with Crippen LogP contribution >= 0.6 is 11.3 Å². The molecule has 1 aromatic carbocycles. The highest BCUT2D eigenvalue weighted by atomic mass is 32.1. The Kier molecular flexibility index (Phi) is 4.50. The van der Waals surface area contributed by atoms with Crippen molar-refractivity contribution in [1.82, 2.24) is 9.97 Å². The van der Waals surface area contributed by atoms with E-state index < -0.39 is 0 Å². The molecule has 23 heavy (non-hydrogen) atoms. The number of nitrogens with two attached hydrogens (primary N) is 1. The molecule has 7 heteroatoms. The molecular weight excluding hydrogens is 315 g/mol. The number of hydrogen-bond acceptors (Lipinski definition) is 6. The number of rotatable bonds is 5. The normalized spacial score (nSPS) is 10.6. The van der Waals surface area contributed by atoms with Gasteiger partial charge in [0, 0.05) is 23.2 Å². The van der Waals surface area contributed by atoms with Crippen LogP contribution in [-0.2, 0) is 6.61 Å². The number of hydrogen-bond donors (Lipinski definition) is 2. The maximum absolute atomic E-state index is 13.1. The minimum Gasteiger partial charge on any atom is -0.486 e. The number of aryl methyl sites for hydroxylation is 1. The highest BCUT2D eigenvalue weighted by molar-refractivity contribution is 7.09. The van der Waals surface area contributed by atoms with Crippen LogP contribution in [0.3, 0.4) is 0 Å². The van der Waals surface area contributed by atoms with Gasteiger partial charge in [0.1, 0.15) is 24.0 Å². The summed E-state index contributed by atoms with van der Waals surface area (Å²) in [5.41, 5.74) is 4.92. The summed E-state index contributed by atoms with van der Waals surface area (Å²) in [7, 11) is 0. The molecule has 0 fully saturated rings. The summed E-state index contributed by atoms with van der Waals surface area (Å²) in [6, 6.07) is 7.87. The number of anilines is 1. The van der Waals surface area contributed by atoms with Gasteiger partial charge in [-0.2, -0.15) is 0 Å². The van der Waals surface area contributed by atoms with Crippen molar-refractivity contribution >= 4 is 17.2 Å². The van der Waals surface area contributed by atoms with Crippen LogP contribution in [-0.4, -0.2) is 9.97 Å². The average molecular weight is 330 g/mol. The first kappa shape index (κ1) is 15.4. The molecule has 0 aliphatic rings. The second-order valence-corrected chi connectivity index (χ2v) is 5.93. The predicted octanol–water partition coefficient (Wildman–Crippen LogP) is 3.52. The van der Waals surface area contributed by atoms with E-state index >= 15 is 0 Å². The van der Waals surface area contributed by atoms with Gasteiger partial charge in [-0.1, -0.05) is 12.1 Å². The molecule has 0 saturated carbocycles. The van der Waals surface area contributed by atoms with Gasteiger partial charge in [-0.3, -0.25) is 0 Å². The summed E-state index contributed by atoms with van der Waals surface area (Å²) in [5.74, 6) is 6.21. The highest BCUT2D eigenvalue weighted by Gasteiger charge is 2.10. The van der Waals surface area contributed by atoms with Gasteiger partial charge < -0.3 is 10.2 Å². The minimum atomic E-state index is -0.289. The molecule has 0 bridgehead atoms. The Labute approximate surface area is 136 Å². The molecule has 3 rings (SSSR count). The van der Waals surface area contributed by atoms with Crippen molar-refractivity contribution in [1.29, 1.82) is 0 Å². The zero-order valence-electron chi connectivity index (χ0n) is 12.4. The van der Waals surface area contributed by atoms with Crippen molar-refractivity contribution in [3.8, 4) is 16.9 Å². The lowest BCUT2D eigenvalue weighted by molar-refractivity contribution is 0.303. The molecule has 5 nitrogen and oxygen atoms in total. The van der Waals surface area contributed by atoms with E-state index in [1.807, 2.05) is 12.3 Å². The molecule has 0 atom stereocenters. The molecule has 3 aromatic rings. The van der Waals surface area contributed by atoms with Gasteiger partial charge in [-0.25, -0.2) is 20.2 Å². The van der Waals surface area contributed by atoms with Crippen LogP contribution in [0.5, 0.6) is 5.75 Å². The molecule has 0 aliphatic carbocycles. The Bertz CT molecular complexity index is 804. The van der Waals surface area contributed by atoms with Crippen molar-refractivity contribution in [2.75, 3.05) is 5.43 Å². The maximum atomic E-state index is 13.1. The van der Waals surface area contributed by atoms with Crippen molar-refractivity contribution in [2.45, 2.75) is 13.5 Å². The van der Waals surface area contributed by atoms with E-state index in [1.54, 1.807) is 35.7 Å². The molecule has 2 aromatic heterocycles. The Morgan fingerprint density at radius 2 is 2.09 bits per heavy atom. The van der Waals surface area contributed by atoms with Gasteiger partial charge in [0.2, 0.25) is 0 Å². The maximum Gasteiger partial charge on any atom is 0.143 e. The first-order valence-electron chi connectivity index (χ1n) is 6.92. The number of hydrazine groups is 1. The van der Waals surface area contributed by atoms with E-state index in [9.17, 15) is 4.39 Å². The average Bonchev–Trinajstić information content (AvgIpc) is 2.99. The first-order valence-corrected chi connectivity index (χ1v) is 7.80. The number of nitrogen functional groups attached to an aromatic ring is 1. The summed E-state index contributed by atoms with van der Waals surface area (Å²) in [6.07, 6.45) is 1.64. The van der Waals surface area contributed by atoms with Crippen LogP contribution in [0.4, 0.5) is 10.2 Å². The lowest BCUT2D eigenvalue weighted by atomic mass is 10.1. The first-order chi connectivity index (χ1) is 11.2. The zero-order valence-corrected chi connectivity index (χ0v) is 13.2. The fraction of sp³-hybridized carbons (Fsp3) is 0.125. The second kappa shape index (κ2) is 6.72. The third-order valence-corrected chi connectivity index (χ3v) is 4.03. The molecule has 0 amide bonds. The summed E-state index contributed by atoms with van der Waals surface area (Å²) in [5, 5.41) is 2.94. The van der Waals surface area contributed by atoms with Crippen LogP contribution in [0.15, 0.2) is 41.9 Å². The molecule has 0 aliphatic heterocycles. The van der Waals surface area contributed by atoms with Crippen LogP contribution in [0.2, 0.25) is 0 Å². The number of pyridine rings is 1. The number of nitrogens with one attached hydrogen (secondary N) is 1. The molecule has 0 radical (unpaired) electrons. The standard InChI is InChI=1S/C16H15FN4OS/c1-10-20-13(9-23-10)8-22-15-6-16(21-18)19-7-14(15)11-2-4-12(17)5-3-11/h2-7,9H,8,18H2,1H3,(H,19,21). The lowest BCUT2D eigenvalue weighted by Crippen LogP contribution is -2.09. The number of aromatic nitrogens is 2. The van der Waals surface area contributed by atoms with Gasteiger partial charge >= 0.3 is 0 Å². The molecule has 2 heterocycles. The van der Waals surface area contributed by atoms with Gasteiger partial charge in [0.15, 0.2) is 0 Å². The lowest BCUT2D eigenvalue weighted by Gasteiger charge is -2.12. The largest absolute Gasteiger partial charge is 0.486 e. The molecular formula is C16H15FN4OS. The third kappa shape index (κ3) is 3.64. The number of ether oxygens (including phenoxy) is 1. The fourth-order valence-corrected chi connectivity index (χ4v) is 2.71. The number of benzene rings is 1. The predicted molar refractivity (Wildman–Crippen MR) is 88.6 cm³/mol. The summed E-state index contributed by atoms with van der Waals surface area (Å²) < 4.78 is 19.0. The van der Waals surface area contributed by atoms with Crippen LogP contribution in [0.25, 0.3) is 11.1 Å². The molecule has 3 N–H and O–H groups in total. The smallest absolute Gasteiger partial charge is 0.143 e. The highest BCUT2D eigenvalue weighted by Crippen LogP contribution is 2.31. The third-order valence-electron chi connectivity index (χ3n) is 3.21. The number of nitrogens with zero attached hydrogens (tertiary/aromatic N) is 2. The minimum absolute atomic E-state index is 0.289. The molecule has 0 unspecified atom stereocenters. The molecule has 0 saturated heterocycles. The van der Waals surface area contributed by atoms with Crippen molar-refractivity contribution in [2.24, 2.45) is 5.84 Å². The van der Waals surface area contributed by atoms with Gasteiger partial charge in [0.05, 0.1) is 10.7 Å². The zero-order chi connectivity index (χ0) is 16.2. The van der Waals surface area contributed by atoms with E-state index in [0.29, 0.717) is 18.2 Å². The SMILES string of the molecule is Cc1nc(COc2cc(NN)ncc2-c2ccc(F)cc2)cs1. The van der Waals surface area contributed by atoms with Crippen molar-refractivity contribution < 1.29 is 9.13 Å². The fourth-order valence-electron chi connectivity index (χ4n) is 2.11. The molecule has 118 valence electrons. The summed E-state index contributed by atoms with van der Waals surface area (Å²) in [4.78, 5) is 8.56. The van der Waals surface area contributed by atoms with Crippen LogP contribution in [0, 0.1) is 12.7 Å². The number of thiazole rings is 1. The van der Waals surface area contributed by atoms with Crippen molar-refractivity contribution in [3.05, 3.63) is 58.4 Å². The van der Waals surface area contributed by atoms with E-state index in [-0.39, 0.29) is 5.82 Å². The Morgan fingerprint density at radius 3 is 2.74 bits per heavy atom. The van der Waals surface area contributed by atoms with E-state index in [1.165, 1.54) is 12.1 Å². The summed E-state index contributed by atoms with van der Waals surface area (Å²) >= 11 is 1.57. The van der Waals surface area contributed by atoms with E-state index in [2.05, 4.69) is 15.4 Å². The Balaban J connectivity index is 1.90. The van der Waals surface area contributed by atoms with E-state index in [4.69, 9.17) is 10.6 Å². The van der Waals surface area contributed by atoms with Gasteiger partial charge in [-0.05, 0) is 24.6 Å². The second-order valence-electron chi connectivity index (χ2n) is 4.86. The number of halogens is 1. The Hall–Kier alpha value is -2.51. The van der Waals surface area contributed by atoms with E-state index in [0.717, 1.165) is 21.8 Å². The van der Waals surface area contributed by atoms with Crippen LogP contribution in [0.1, 0.15) is 10.7 Å². The van der Waals surface area contributed by atoms with Crippen molar-refractivity contribution in [3.63, 3.8) is 0 Å². The molecule has 0 spiro atoms. The Morgan fingerprint density at radius 1 is 1.30 bits per heavy atom. The quantitative estimate of drug-likeness (QED) is 0.553.